The van der Waals surface area contributed by atoms with E-state index in [0.717, 1.165) is 49.2 Å². The lowest BCUT2D eigenvalue weighted by Crippen LogP contribution is -2.45. The van der Waals surface area contributed by atoms with Gasteiger partial charge in [-0.2, -0.15) is 5.26 Å². The van der Waals surface area contributed by atoms with Gasteiger partial charge in [-0.05, 0) is 54.7 Å². The Hall–Kier alpha value is -3.04. The van der Waals surface area contributed by atoms with Crippen molar-refractivity contribution in [2.24, 2.45) is 0 Å². The quantitative estimate of drug-likeness (QED) is 0.735. The molecule has 28 heavy (non-hydrogen) atoms. The summed E-state index contributed by atoms with van der Waals surface area (Å²) >= 11 is 0. The zero-order chi connectivity index (χ0) is 19.9. The molecule has 2 aromatic carbocycles. The lowest BCUT2D eigenvalue weighted by Gasteiger charge is -2.30. The molecule has 1 saturated heterocycles. The normalized spacial score (nSPS) is 16.5. The molecule has 2 aromatic rings. The van der Waals surface area contributed by atoms with Crippen LogP contribution in [-0.2, 0) is 0 Å². The molecule has 0 radical (unpaired) electrons. The van der Waals surface area contributed by atoms with Gasteiger partial charge < -0.3 is 9.84 Å². The fourth-order valence-electron chi connectivity index (χ4n) is 3.57. The average Bonchev–Trinajstić information content (AvgIpc) is 3.19. The molecular formula is C22H25N3O3. The van der Waals surface area contributed by atoms with Crippen molar-refractivity contribution < 1.29 is 14.6 Å². The molecule has 1 unspecified atom stereocenters. The number of nitriles is 1. The molecule has 1 fully saturated rings. The van der Waals surface area contributed by atoms with Crippen LogP contribution in [0.1, 0.15) is 24.8 Å². The predicted octanol–water partition coefficient (Wildman–Crippen LogP) is 4.03. The second kappa shape index (κ2) is 9.25. The van der Waals surface area contributed by atoms with Crippen molar-refractivity contribution in [3.05, 3.63) is 54.1 Å². The summed E-state index contributed by atoms with van der Waals surface area (Å²) in [6.07, 6.45) is 1.86. The second-order valence-electron chi connectivity index (χ2n) is 6.97. The van der Waals surface area contributed by atoms with Crippen LogP contribution in [0.4, 0.5) is 4.79 Å². The van der Waals surface area contributed by atoms with Crippen molar-refractivity contribution >= 4 is 6.09 Å². The molecule has 1 amide bonds. The zero-order valence-corrected chi connectivity index (χ0v) is 16.0. The van der Waals surface area contributed by atoms with E-state index in [2.05, 4.69) is 11.0 Å². The van der Waals surface area contributed by atoms with Crippen LogP contribution in [0.5, 0.6) is 5.75 Å². The highest BCUT2D eigenvalue weighted by Gasteiger charge is 2.29. The third-order valence-corrected chi connectivity index (χ3v) is 5.14. The summed E-state index contributed by atoms with van der Waals surface area (Å²) in [5, 5.41) is 18.0. The van der Waals surface area contributed by atoms with Gasteiger partial charge in [0.2, 0.25) is 0 Å². The first-order chi connectivity index (χ1) is 13.6. The van der Waals surface area contributed by atoms with Crippen molar-refractivity contribution in [1.82, 2.24) is 9.80 Å². The highest BCUT2D eigenvalue weighted by atomic mass is 16.5. The first-order valence-electron chi connectivity index (χ1n) is 9.51. The predicted molar refractivity (Wildman–Crippen MR) is 107 cm³/mol. The molecule has 0 saturated carbocycles. The van der Waals surface area contributed by atoms with Gasteiger partial charge in [-0.1, -0.05) is 24.3 Å². The monoisotopic (exact) mass is 379 g/mol. The van der Waals surface area contributed by atoms with Crippen molar-refractivity contribution in [3.63, 3.8) is 0 Å². The molecule has 0 bridgehead atoms. The van der Waals surface area contributed by atoms with Gasteiger partial charge >= 0.3 is 6.09 Å². The number of likely N-dealkylation sites (tertiary alicyclic amines) is 1. The largest absolute Gasteiger partial charge is 0.494 e. The Morgan fingerprint density at radius 2 is 1.86 bits per heavy atom. The van der Waals surface area contributed by atoms with Crippen LogP contribution in [0.3, 0.4) is 0 Å². The Morgan fingerprint density at radius 3 is 2.46 bits per heavy atom. The molecule has 1 aliphatic rings. The molecule has 1 heterocycles. The first kappa shape index (κ1) is 19.7. The van der Waals surface area contributed by atoms with Crippen LogP contribution in [0, 0.1) is 11.3 Å². The van der Waals surface area contributed by atoms with Gasteiger partial charge in [0.1, 0.15) is 5.75 Å². The third-order valence-electron chi connectivity index (χ3n) is 5.14. The van der Waals surface area contributed by atoms with Gasteiger partial charge in [0.05, 0.1) is 24.4 Å². The fourth-order valence-corrected chi connectivity index (χ4v) is 3.57. The smallest absolute Gasteiger partial charge is 0.408 e. The maximum atomic E-state index is 11.2. The fraction of sp³-hybridized carbons (Fsp3) is 0.364. The molecule has 146 valence electrons. The van der Waals surface area contributed by atoms with Crippen LogP contribution >= 0.6 is 0 Å². The van der Waals surface area contributed by atoms with Gasteiger partial charge in [0.25, 0.3) is 0 Å². The number of hydrogen-bond acceptors (Lipinski definition) is 4. The Labute approximate surface area is 165 Å². The molecule has 3 rings (SSSR count). The summed E-state index contributed by atoms with van der Waals surface area (Å²) in [7, 11) is 1.64. The number of nitrogens with zero attached hydrogens (tertiary/aromatic N) is 3. The maximum Gasteiger partial charge on any atom is 0.408 e. The Kier molecular flexibility index (Phi) is 6.51. The highest BCUT2D eigenvalue weighted by molar-refractivity contribution is 5.65. The molecule has 1 aliphatic heterocycles. The second-order valence-corrected chi connectivity index (χ2v) is 6.97. The van der Waals surface area contributed by atoms with Gasteiger partial charge in [0, 0.05) is 20.1 Å². The molecule has 6 heteroatoms. The number of ether oxygens (including phenoxy) is 1. The van der Waals surface area contributed by atoms with Gasteiger partial charge in [-0.3, -0.25) is 9.80 Å². The van der Waals surface area contributed by atoms with E-state index in [4.69, 9.17) is 10.00 Å². The van der Waals surface area contributed by atoms with Crippen molar-refractivity contribution in [1.29, 1.82) is 5.26 Å². The minimum Gasteiger partial charge on any atom is -0.494 e. The van der Waals surface area contributed by atoms with E-state index in [1.165, 1.54) is 4.90 Å². The molecule has 0 aromatic heterocycles. The Bertz CT molecular complexity index is 828. The lowest BCUT2D eigenvalue weighted by molar-refractivity contribution is 0.0805. The van der Waals surface area contributed by atoms with E-state index in [1.807, 2.05) is 48.5 Å². The molecule has 1 atom stereocenters. The van der Waals surface area contributed by atoms with Gasteiger partial charge in [-0.25, -0.2) is 4.79 Å². The molecule has 6 nitrogen and oxygen atoms in total. The van der Waals surface area contributed by atoms with Crippen LogP contribution in [-0.4, -0.2) is 53.9 Å². The number of benzene rings is 2. The van der Waals surface area contributed by atoms with Gasteiger partial charge in [0.15, 0.2) is 0 Å². The van der Waals surface area contributed by atoms with E-state index < -0.39 is 6.09 Å². The van der Waals surface area contributed by atoms with Crippen molar-refractivity contribution in [2.45, 2.75) is 25.4 Å². The van der Waals surface area contributed by atoms with Gasteiger partial charge in [-0.15, -0.1) is 0 Å². The van der Waals surface area contributed by atoms with Crippen LogP contribution < -0.4 is 4.74 Å². The van der Waals surface area contributed by atoms with E-state index >= 15 is 0 Å². The SMILES string of the molecule is CN(C(=O)O)C1CCCN1CCCOc1ccc(-c2ccc(C#N)cc2)cc1. The third kappa shape index (κ3) is 4.81. The molecule has 0 aliphatic carbocycles. The molecular weight excluding hydrogens is 354 g/mol. The number of carbonyl (C=O) groups is 1. The Morgan fingerprint density at radius 1 is 1.21 bits per heavy atom. The van der Waals surface area contributed by atoms with Crippen LogP contribution in [0.15, 0.2) is 48.5 Å². The molecule has 1 N–H and O–H groups in total. The Balaban J connectivity index is 1.46. The van der Waals surface area contributed by atoms with E-state index in [1.54, 1.807) is 7.05 Å². The number of rotatable bonds is 7. The van der Waals surface area contributed by atoms with Crippen molar-refractivity contribution in [2.75, 3.05) is 26.7 Å². The standard InChI is InChI=1S/C22H25N3O3/c1-24(22(26)27)21-4-2-13-25(21)14-3-15-28-20-11-9-19(10-12-20)18-7-5-17(16-23)6-8-18/h5-12,21H,2-4,13-15H2,1H3,(H,26,27). The number of hydrogen-bond donors (Lipinski definition) is 1. The van der Waals surface area contributed by atoms with E-state index in [9.17, 15) is 9.90 Å². The summed E-state index contributed by atoms with van der Waals surface area (Å²) < 4.78 is 5.84. The number of amides is 1. The first-order valence-corrected chi connectivity index (χ1v) is 9.51. The summed E-state index contributed by atoms with van der Waals surface area (Å²) in [6, 6.07) is 17.5. The minimum absolute atomic E-state index is 0.0239. The maximum absolute atomic E-state index is 11.2. The van der Waals surface area contributed by atoms with Crippen molar-refractivity contribution in [3.8, 4) is 22.9 Å². The topological polar surface area (TPSA) is 76.8 Å². The lowest BCUT2D eigenvalue weighted by atomic mass is 10.0. The van der Waals surface area contributed by atoms with Crippen LogP contribution in [0.25, 0.3) is 11.1 Å². The summed E-state index contributed by atoms with van der Waals surface area (Å²) in [5.74, 6) is 0.818. The minimum atomic E-state index is -0.879. The van der Waals surface area contributed by atoms with Crippen LogP contribution in [0.2, 0.25) is 0 Å². The summed E-state index contributed by atoms with van der Waals surface area (Å²) in [4.78, 5) is 14.8. The van der Waals surface area contributed by atoms with E-state index in [-0.39, 0.29) is 6.17 Å². The summed E-state index contributed by atoms with van der Waals surface area (Å²) in [6.45, 7) is 2.35. The zero-order valence-electron chi connectivity index (χ0n) is 16.0. The summed E-state index contributed by atoms with van der Waals surface area (Å²) in [5.41, 5.74) is 2.79. The van der Waals surface area contributed by atoms with E-state index in [0.29, 0.717) is 12.2 Å². The highest BCUT2D eigenvalue weighted by Crippen LogP contribution is 2.23. The number of carboxylic acid groups (broad SMARTS) is 1. The average molecular weight is 379 g/mol. The molecule has 0 spiro atoms.